The summed E-state index contributed by atoms with van der Waals surface area (Å²) in [7, 11) is 0. The Bertz CT molecular complexity index is 473. The minimum Gasteiger partial charge on any atom is -0.394 e. The Hall–Kier alpha value is -1.98. The molecular weight excluding hydrogens is 230 g/mol. The van der Waals surface area contributed by atoms with E-state index in [-0.39, 0.29) is 6.61 Å². The summed E-state index contributed by atoms with van der Waals surface area (Å²) >= 11 is 0. The van der Waals surface area contributed by atoms with Crippen molar-refractivity contribution in [2.24, 2.45) is 0 Å². The lowest BCUT2D eigenvalue weighted by Gasteiger charge is -2.10. The summed E-state index contributed by atoms with van der Waals surface area (Å²) in [5.74, 6) is 0. The van der Waals surface area contributed by atoms with Gasteiger partial charge in [0.2, 0.25) is 0 Å². The van der Waals surface area contributed by atoms with Gasteiger partial charge >= 0.3 is 0 Å². The monoisotopic (exact) mass is 245 g/mol. The zero-order chi connectivity index (χ0) is 12.8. The average Bonchev–Trinajstić information content (AvgIpc) is 2.46. The third-order valence-corrected chi connectivity index (χ3v) is 2.53. The predicted molar refractivity (Wildman–Crippen MR) is 69.1 cm³/mol. The fraction of sp³-hybridized carbons (Fsp3) is 0.231. The maximum Gasteiger partial charge on any atom is 0.115 e. The fourth-order valence-corrected chi connectivity index (χ4v) is 1.53. The molecule has 0 fully saturated rings. The lowest BCUT2D eigenvalue weighted by atomic mass is 10.1. The lowest BCUT2D eigenvalue weighted by Crippen LogP contribution is -2.22. The number of anilines is 1. The first-order valence-corrected chi connectivity index (χ1v) is 5.68. The van der Waals surface area contributed by atoms with Crippen molar-refractivity contribution in [3.05, 3.63) is 43.0 Å². The van der Waals surface area contributed by atoms with E-state index in [0.717, 1.165) is 16.8 Å². The molecule has 5 nitrogen and oxygen atoms in total. The summed E-state index contributed by atoms with van der Waals surface area (Å²) in [5.41, 5.74) is 2.88. The van der Waals surface area contributed by atoms with Crippen LogP contribution in [-0.4, -0.2) is 39.4 Å². The van der Waals surface area contributed by atoms with Crippen molar-refractivity contribution in [2.45, 2.75) is 6.10 Å². The van der Waals surface area contributed by atoms with E-state index in [2.05, 4.69) is 15.3 Å². The number of hydrogen-bond donors (Lipinski definition) is 3. The van der Waals surface area contributed by atoms with E-state index in [0.29, 0.717) is 6.54 Å². The van der Waals surface area contributed by atoms with Gasteiger partial charge in [0.15, 0.2) is 0 Å². The smallest absolute Gasteiger partial charge is 0.115 e. The SMILES string of the molecule is OCC(O)CNc1ccc(-c2cncnc2)cc1. The maximum absolute atomic E-state index is 9.22. The van der Waals surface area contributed by atoms with Gasteiger partial charge < -0.3 is 15.5 Å². The van der Waals surface area contributed by atoms with Gasteiger partial charge in [-0.3, -0.25) is 0 Å². The van der Waals surface area contributed by atoms with Gasteiger partial charge in [0, 0.05) is 30.2 Å². The Morgan fingerprint density at radius 1 is 1.06 bits per heavy atom. The summed E-state index contributed by atoms with van der Waals surface area (Å²) in [4.78, 5) is 7.93. The van der Waals surface area contributed by atoms with E-state index in [9.17, 15) is 5.11 Å². The highest BCUT2D eigenvalue weighted by Crippen LogP contribution is 2.19. The molecule has 2 aromatic rings. The molecule has 94 valence electrons. The zero-order valence-electron chi connectivity index (χ0n) is 9.82. The highest BCUT2D eigenvalue weighted by Gasteiger charge is 2.02. The van der Waals surface area contributed by atoms with Crippen LogP contribution in [0.3, 0.4) is 0 Å². The van der Waals surface area contributed by atoms with Crippen molar-refractivity contribution in [1.82, 2.24) is 9.97 Å². The molecule has 1 heterocycles. The molecule has 3 N–H and O–H groups in total. The number of rotatable bonds is 5. The van der Waals surface area contributed by atoms with Gasteiger partial charge in [-0.05, 0) is 17.7 Å². The van der Waals surface area contributed by atoms with Gasteiger partial charge in [0.05, 0.1) is 12.7 Å². The van der Waals surface area contributed by atoms with E-state index in [1.165, 1.54) is 6.33 Å². The second-order valence-corrected chi connectivity index (χ2v) is 3.92. The second kappa shape index (κ2) is 6.09. The fourth-order valence-electron chi connectivity index (χ4n) is 1.53. The quantitative estimate of drug-likeness (QED) is 0.729. The predicted octanol–water partition coefficient (Wildman–Crippen LogP) is 0.909. The molecule has 1 aromatic carbocycles. The van der Waals surface area contributed by atoms with E-state index >= 15 is 0 Å². The molecule has 1 aromatic heterocycles. The molecule has 0 aliphatic carbocycles. The second-order valence-electron chi connectivity index (χ2n) is 3.92. The van der Waals surface area contributed by atoms with Gasteiger partial charge in [-0.1, -0.05) is 12.1 Å². The first-order valence-electron chi connectivity index (χ1n) is 5.68. The Morgan fingerprint density at radius 3 is 2.33 bits per heavy atom. The van der Waals surface area contributed by atoms with Crippen LogP contribution < -0.4 is 5.32 Å². The zero-order valence-corrected chi connectivity index (χ0v) is 9.82. The molecule has 0 aliphatic heterocycles. The van der Waals surface area contributed by atoms with Crippen molar-refractivity contribution in [3.8, 4) is 11.1 Å². The van der Waals surface area contributed by atoms with Crippen molar-refractivity contribution in [2.75, 3.05) is 18.5 Å². The van der Waals surface area contributed by atoms with Crippen LogP contribution in [0, 0.1) is 0 Å². The Labute approximate surface area is 105 Å². The third kappa shape index (κ3) is 3.26. The van der Waals surface area contributed by atoms with Gasteiger partial charge in [-0.15, -0.1) is 0 Å². The standard InChI is InChI=1S/C13H15N3O2/c17-8-13(18)7-16-12-3-1-10(2-4-12)11-5-14-9-15-6-11/h1-6,9,13,16-18H,7-8H2. The number of nitrogens with zero attached hydrogens (tertiary/aromatic N) is 2. The normalized spacial score (nSPS) is 12.1. The molecule has 0 saturated heterocycles. The van der Waals surface area contributed by atoms with E-state index in [4.69, 9.17) is 5.11 Å². The van der Waals surface area contributed by atoms with Crippen LogP contribution in [0.4, 0.5) is 5.69 Å². The van der Waals surface area contributed by atoms with Gasteiger partial charge in [0.1, 0.15) is 6.33 Å². The van der Waals surface area contributed by atoms with Crippen LogP contribution in [0.5, 0.6) is 0 Å². The molecule has 0 bridgehead atoms. The molecule has 0 aliphatic rings. The highest BCUT2D eigenvalue weighted by molar-refractivity contribution is 5.64. The molecule has 1 unspecified atom stereocenters. The lowest BCUT2D eigenvalue weighted by molar-refractivity contribution is 0.105. The molecule has 0 spiro atoms. The van der Waals surface area contributed by atoms with Crippen LogP contribution >= 0.6 is 0 Å². The van der Waals surface area contributed by atoms with Crippen LogP contribution in [0.15, 0.2) is 43.0 Å². The van der Waals surface area contributed by atoms with E-state index in [1.807, 2.05) is 24.3 Å². The van der Waals surface area contributed by atoms with Crippen LogP contribution in [0.25, 0.3) is 11.1 Å². The van der Waals surface area contributed by atoms with Crippen LogP contribution in [-0.2, 0) is 0 Å². The summed E-state index contributed by atoms with van der Waals surface area (Å²) < 4.78 is 0. The third-order valence-electron chi connectivity index (χ3n) is 2.53. The Kier molecular flexibility index (Phi) is 4.22. The molecule has 1 atom stereocenters. The Balaban J connectivity index is 2.02. The van der Waals surface area contributed by atoms with Crippen LogP contribution in [0.1, 0.15) is 0 Å². The van der Waals surface area contributed by atoms with Gasteiger partial charge in [-0.25, -0.2) is 9.97 Å². The van der Waals surface area contributed by atoms with Crippen molar-refractivity contribution in [1.29, 1.82) is 0 Å². The molecule has 2 rings (SSSR count). The van der Waals surface area contributed by atoms with Crippen molar-refractivity contribution >= 4 is 5.69 Å². The molecule has 18 heavy (non-hydrogen) atoms. The minimum absolute atomic E-state index is 0.244. The van der Waals surface area contributed by atoms with Crippen molar-refractivity contribution < 1.29 is 10.2 Å². The van der Waals surface area contributed by atoms with E-state index < -0.39 is 6.10 Å². The average molecular weight is 245 g/mol. The number of benzene rings is 1. The molecular formula is C13H15N3O2. The summed E-state index contributed by atoms with van der Waals surface area (Å²) in [5, 5.41) is 21.0. The first-order chi connectivity index (χ1) is 8.79. The highest BCUT2D eigenvalue weighted by atomic mass is 16.3. The summed E-state index contributed by atoms with van der Waals surface area (Å²) in [6.45, 7) is 0.0801. The molecule has 5 heteroatoms. The first kappa shape index (κ1) is 12.5. The minimum atomic E-state index is -0.743. The number of aliphatic hydroxyl groups excluding tert-OH is 2. The number of aliphatic hydroxyl groups is 2. The summed E-state index contributed by atoms with van der Waals surface area (Å²) in [6.07, 6.45) is 4.26. The number of nitrogens with one attached hydrogen (secondary N) is 1. The molecule has 0 radical (unpaired) electrons. The topological polar surface area (TPSA) is 78.3 Å². The Morgan fingerprint density at radius 2 is 1.72 bits per heavy atom. The van der Waals surface area contributed by atoms with Gasteiger partial charge in [0.25, 0.3) is 0 Å². The van der Waals surface area contributed by atoms with Gasteiger partial charge in [-0.2, -0.15) is 0 Å². The van der Waals surface area contributed by atoms with Crippen molar-refractivity contribution in [3.63, 3.8) is 0 Å². The largest absolute Gasteiger partial charge is 0.394 e. The van der Waals surface area contributed by atoms with Crippen LogP contribution in [0.2, 0.25) is 0 Å². The molecule has 0 saturated carbocycles. The number of aromatic nitrogens is 2. The molecule has 0 amide bonds. The number of hydrogen-bond acceptors (Lipinski definition) is 5. The summed E-state index contributed by atoms with van der Waals surface area (Å²) in [6, 6.07) is 7.72. The maximum atomic E-state index is 9.22. The van der Waals surface area contributed by atoms with E-state index in [1.54, 1.807) is 12.4 Å².